The number of hydrogen-bond acceptors (Lipinski definition) is 4. The van der Waals surface area contributed by atoms with Crippen LogP contribution in [0.25, 0.3) is 0 Å². The molecule has 0 unspecified atom stereocenters. The van der Waals surface area contributed by atoms with Gasteiger partial charge in [0.25, 0.3) is 5.91 Å². The van der Waals surface area contributed by atoms with Crippen molar-refractivity contribution in [3.05, 3.63) is 53.4 Å². The summed E-state index contributed by atoms with van der Waals surface area (Å²) >= 11 is 0. The number of nitrogens with zero attached hydrogens (tertiary/aromatic N) is 1. The lowest BCUT2D eigenvalue weighted by molar-refractivity contribution is -0.123. The van der Waals surface area contributed by atoms with Gasteiger partial charge in [-0.1, -0.05) is 35.5 Å². The van der Waals surface area contributed by atoms with E-state index < -0.39 is 11.9 Å². The number of aromatic nitrogens is 1. The van der Waals surface area contributed by atoms with Crippen LogP contribution in [-0.4, -0.2) is 23.0 Å². The predicted octanol–water partition coefficient (Wildman–Crippen LogP) is 1.98. The number of hydrogen-bond donors (Lipinski definition) is 2. The summed E-state index contributed by atoms with van der Waals surface area (Å²) < 4.78 is 4.84. The first-order chi connectivity index (χ1) is 10.5. The zero-order chi connectivity index (χ0) is 16.1. The molecule has 1 heterocycles. The maximum Gasteiger partial charge on any atom is 0.274 e. The summed E-state index contributed by atoms with van der Waals surface area (Å²) in [7, 11) is 0. The topological polar surface area (TPSA) is 84.2 Å². The third kappa shape index (κ3) is 3.94. The fourth-order valence-electron chi connectivity index (χ4n) is 1.97. The van der Waals surface area contributed by atoms with Crippen LogP contribution >= 0.6 is 0 Å². The van der Waals surface area contributed by atoms with E-state index in [0.717, 1.165) is 5.56 Å². The second-order valence-corrected chi connectivity index (χ2v) is 5.16. The van der Waals surface area contributed by atoms with Crippen LogP contribution in [0.5, 0.6) is 0 Å². The molecule has 0 fully saturated rings. The average molecular weight is 301 g/mol. The minimum atomic E-state index is -0.671. The normalized spacial score (nSPS) is 13.2. The van der Waals surface area contributed by atoms with Gasteiger partial charge >= 0.3 is 0 Å². The highest BCUT2D eigenvalue weighted by Crippen LogP contribution is 2.11. The van der Waals surface area contributed by atoms with Gasteiger partial charge in [-0.3, -0.25) is 9.59 Å². The Kier molecular flexibility index (Phi) is 4.93. The molecule has 0 aliphatic rings. The van der Waals surface area contributed by atoms with E-state index >= 15 is 0 Å². The van der Waals surface area contributed by atoms with Crippen molar-refractivity contribution in [2.24, 2.45) is 0 Å². The monoisotopic (exact) mass is 301 g/mol. The van der Waals surface area contributed by atoms with Gasteiger partial charge < -0.3 is 15.2 Å². The molecule has 116 valence electrons. The Balaban J connectivity index is 1.91. The van der Waals surface area contributed by atoms with Crippen LogP contribution in [0.15, 0.2) is 40.9 Å². The van der Waals surface area contributed by atoms with E-state index in [1.54, 1.807) is 13.8 Å². The highest BCUT2D eigenvalue weighted by Gasteiger charge is 2.20. The SMILES string of the molecule is Cc1cc(C(=O)N[C@H](C)C(=O)N[C@H](C)c2ccccc2)no1. The minimum absolute atomic E-state index is 0.137. The molecule has 2 rings (SSSR count). The Morgan fingerprint density at radius 1 is 1.14 bits per heavy atom. The standard InChI is InChI=1S/C16H19N3O3/c1-10-9-14(19-22-10)16(21)18-12(3)15(20)17-11(2)13-7-5-4-6-8-13/h4-9,11-12H,1-3H3,(H,17,20)(H,18,21)/t11-,12-/m1/s1. The highest BCUT2D eigenvalue weighted by atomic mass is 16.5. The van der Waals surface area contributed by atoms with Gasteiger partial charge in [-0.15, -0.1) is 0 Å². The summed E-state index contributed by atoms with van der Waals surface area (Å²) in [6.07, 6.45) is 0. The Morgan fingerprint density at radius 2 is 1.82 bits per heavy atom. The van der Waals surface area contributed by atoms with Gasteiger partial charge in [0, 0.05) is 6.07 Å². The second-order valence-electron chi connectivity index (χ2n) is 5.16. The maximum absolute atomic E-state index is 12.1. The van der Waals surface area contributed by atoms with Crippen molar-refractivity contribution in [2.75, 3.05) is 0 Å². The molecule has 0 saturated heterocycles. The van der Waals surface area contributed by atoms with E-state index in [0.29, 0.717) is 5.76 Å². The summed E-state index contributed by atoms with van der Waals surface area (Å²) in [4.78, 5) is 24.0. The second kappa shape index (κ2) is 6.89. The number of aryl methyl sites for hydroxylation is 1. The quantitative estimate of drug-likeness (QED) is 0.884. The van der Waals surface area contributed by atoms with E-state index in [2.05, 4.69) is 15.8 Å². The molecule has 0 saturated carbocycles. The summed E-state index contributed by atoms with van der Waals surface area (Å²) in [5.74, 6) is -0.156. The largest absolute Gasteiger partial charge is 0.361 e. The molecule has 0 aliphatic heterocycles. The van der Waals surface area contributed by atoms with Gasteiger partial charge in [0.15, 0.2) is 5.69 Å². The highest BCUT2D eigenvalue weighted by molar-refractivity contribution is 5.95. The van der Waals surface area contributed by atoms with E-state index in [1.165, 1.54) is 6.07 Å². The molecule has 6 nitrogen and oxygen atoms in total. The van der Waals surface area contributed by atoms with Crippen molar-refractivity contribution in [2.45, 2.75) is 32.9 Å². The third-order valence-electron chi connectivity index (χ3n) is 3.26. The van der Waals surface area contributed by atoms with Crippen molar-refractivity contribution in [3.8, 4) is 0 Å². The van der Waals surface area contributed by atoms with Gasteiger partial charge in [-0.05, 0) is 26.3 Å². The van der Waals surface area contributed by atoms with Gasteiger partial charge in [-0.25, -0.2) is 0 Å². The zero-order valence-corrected chi connectivity index (χ0v) is 12.8. The molecule has 0 aliphatic carbocycles. The summed E-state index contributed by atoms with van der Waals surface area (Å²) in [6, 6.07) is 10.3. The molecule has 2 atom stereocenters. The third-order valence-corrected chi connectivity index (χ3v) is 3.26. The van der Waals surface area contributed by atoms with Crippen molar-refractivity contribution >= 4 is 11.8 Å². The fraction of sp³-hybridized carbons (Fsp3) is 0.312. The average Bonchev–Trinajstić information content (AvgIpc) is 2.94. The minimum Gasteiger partial charge on any atom is -0.361 e. The Hall–Kier alpha value is -2.63. The van der Waals surface area contributed by atoms with Crippen molar-refractivity contribution in [3.63, 3.8) is 0 Å². The molecule has 6 heteroatoms. The number of rotatable bonds is 5. The first-order valence-corrected chi connectivity index (χ1v) is 7.07. The van der Waals surface area contributed by atoms with Gasteiger partial charge in [0.05, 0.1) is 6.04 Å². The van der Waals surface area contributed by atoms with Crippen LogP contribution in [-0.2, 0) is 4.79 Å². The molecule has 2 N–H and O–H groups in total. The van der Waals surface area contributed by atoms with E-state index in [4.69, 9.17) is 4.52 Å². The van der Waals surface area contributed by atoms with Crippen molar-refractivity contribution in [1.82, 2.24) is 15.8 Å². The fourth-order valence-corrected chi connectivity index (χ4v) is 1.97. The van der Waals surface area contributed by atoms with Crippen LogP contribution in [0.1, 0.15) is 41.7 Å². The molecule has 1 aromatic carbocycles. The van der Waals surface area contributed by atoms with Crippen LogP contribution in [0.2, 0.25) is 0 Å². The van der Waals surface area contributed by atoms with Crippen LogP contribution in [0.4, 0.5) is 0 Å². The van der Waals surface area contributed by atoms with E-state index in [9.17, 15) is 9.59 Å². The Morgan fingerprint density at radius 3 is 2.41 bits per heavy atom. The summed E-state index contributed by atoms with van der Waals surface area (Å²) in [5.41, 5.74) is 1.16. The lowest BCUT2D eigenvalue weighted by Crippen LogP contribution is -2.45. The van der Waals surface area contributed by atoms with Crippen molar-refractivity contribution in [1.29, 1.82) is 0 Å². The van der Waals surface area contributed by atoms with Gasteiger partial charge in [0.2, 0.25) is 5.91 Å². The number of amides is 2. The van der Waals surface area contributed by atoms with Crippen LogP contribution in [0, 0.1) is 6.92 Å². The molecular weight excluding hydrogens is 282 g/mol. The van der Waals surface area contributed by atoms with E-state index in [-0.39, 0.29) is 17.6 Å². The maximum atomic E-state index is 12.1. The molecule has 0 bridgehead atoms. The number of carbonyl (C=O) groups is 2. The molecule has 0 spiro atoms. The lowest BCUT2D eigenvalue weighted by Gasteiger charge is -2.18. The number of carbonyl (C=O) groups excluding carboxylic acids is 2. The van der Waals surface area contributed by atoms with Crippen LogP contribution in [0.3, 0.4) is 0 Å². The first-order valence-electron chi connectivity index (χ1n) is 7.07. The zero-order valence-electron chi connectivity index (χ0n) is 12.8. The van der Waals surface area contributed by atoms with E-state index in [1.807, 2.05) is 37.3 Å². The molecule has 2 aromatic rings. The predicted molar refractivity (Wildman–Crippen MR) is 81.2 cm³/mol. The number of benzene rings is 1. The Bertz CT molecular complexity index is 652. The smallest absolute Gasteiger partial charge is 0.274 e. The lowest BCUT2D eigenvalue weighted by atomic mass is 10.1. The molecule has 1 aromatic heterocycles. The van der Waals surface area contributed by atoms with Crippen molar-refractivity contribution < 1.29 is 14.1 Å². The Labute approximate surface area is 128 Å². The molecule has 22 heavy (non-hydrogen) atoms. The summed E-state index contributed by atoms with van der Waals surface area (Å²) in [5, 5.41) is 9.07. The van der Waals surface area contributed by atoms with Gasteiger partial charge in [-0.2, -0.15) is 0 Å². The number of nitrogens with one attached hydrogen (secondary N) is 2. The molecule has 0 radical (unpaired) electrons. The molecule has 2 amide bonds. The van der Waals surface area contributed by atoms with Crippen LogP contribution < -0.4 is 10.6 Å². The van der Waals surface area contributed by atoms with Gasteiger partial charge in [0.1, 0.15) is 11.8 Å². The summed E-state index contributed by atoms with van der Waals surface area (Å²) in [6.45, 7) is 5.21. The molecular formula is C16H19N3O3. The first kappa shape index (κ1) is 15.8.